The van der Waals surface area contributed by atoms with E-state index in [0.717, 1.165) is 12.5 Å². The van der Waals surface area contributed by atoms with Crippen LogP contribution in [-0.2, 0) is 4.74 Å². The van der Waals surface area contributed by atoms with Crippen molar-refractivity contribution in [2.75, 3.05) is 33.9 Å². The number of hydrogen-bond acceptors (Lipinski definition) is 2. The molecule has 0 saturated heterocycles. The zero-order valence-electron chi connectivity index (χ0n) is 8.63. The minimum atomic E-state index is 0.134. The van der Waals surface area contributed by atoms with Gasteiger partial charge in [0.05, 0.1) is 12.0 Å². The number of rotatable bonds is 7. The van der Waals surface area contributed by atoms with Gasteiger partial charge in [0.1, 0.15) is 0 Å². The van der Waals surface area contributed by atoms with Crippen LogP contribution < -0.4 is 0 Å². The predicted octanol–water partition coefficient (Wildman–Crippen LogP) is 1.97. The molecule has 0 radical (unpaired) electrons. The summed E-state index contributed by atoms with van der Waals surface area (Å²) in [6.07, 6.45) is 4.22. The molecule has 0 aromatic rings. The molecule has 2 nitrogen and oxygen atoms in total. The first-order chi connectivity index (χ1) is 6.22. The van der Waals surface area contributed by atoms with Gasteiger partial charge in [-0.2, -0.15) is 0 Å². The van der Waals surface area contributed by atoms with Crippen molar-refractivity contribution in [3.63, 3.8) is 0 Å². The number of nitrogens with zero attached hydrogens (tertiary/aromatic N) is 1. The van der Waals surface area contributed by atoms with E-state index in [1.54, 1.807) is 7.11 Å². The SMILES string of the molecule is COCC(Cl)CN(C)CCC1CC1. The van der Waals surface area contributed by atoms with E-state index in [-0.39, 0.29) is 5.38 Å². The van der Waals surface area contributed by atoms with Crippen LogP contribution in [-0.4, -0.2) is 44.1 Å². The van der Waals surface area contributed by atoms with Crippen molar-refractivity contribution in [1.82, 2.24) is 4.90 Å². The second kappa shape index (κ2) is 5.84. The Labute approximate surface area is 86.2 Å². The van der Waals surface area contributed by atoms with Crippen LogP contribution in [0.1, 0.15) is 19.3 Å². The lowest BCUT2D eigenvalue weighted by atomic mass is 10.3. The summed E-state index contributed by atoms with van der Waals surface area (Å²) in [4.78, 5) is 2.30. The minimum Gasteiger partial charge on any atom is -0.383 e. The Balaban J connectivity index is 1.97. The molecule has 13 heavy (non-hydrogen) atoms. The van der Waals surface area contributed by atoms with Crippen LogP contribution in [0.15, 0.2) is 0 Å². The van der Waals surface area contributed by atoms with Crippen molar-refractivity contribution in [3.05, 3.63) is 0 Å². The maximum absolute atomic E-state index is 6.04. The molecule has 0 aliphatic heterocycles. The summed E-state index contributed by atoms with van der Waals surface area (Å²) in [5.41, 5.74) is 0. The first-order valence-corrected chi connectivity index (χ1v) is 5.47. The molecule has 0 bridgehead atoms. The highest BCUT2D eigenvalue weighted by Gasteiger charge is 2.21. The molecule has 0 spiro atoms. The topological polar surface area (TPSA) is 12.5 Å². The summed E-state index contributed by atoms with van der Waals surface area (Å²) < 4.78 is 4.98. The Morgan fingerprint density at radius 1 is 1.54 bits per heavy atom. The first-order valence-electron chi connectivity index (χ1n) is 5.04. The van der Waals surface area contributed by atoms with Crippen LogP contribution in [0.2, 0.25) is 0 Å². The third-order valence-corrected chi connectivity index (χ3v) is 2.74. The molecule has 0 N–H and O–H groups in total. The van der Waals surface area contributed by atoms with Crippen LogP contribution in [0.3, 0.4) is 0 Å². The van der Waals surface area contributed by atoms with Crippen molar-refractivity contribution in [2.45, 2.75) is 24.6 Å². The highest BCUT2D eigenvalue weighted by molar-refractivity contribution is 6.20. The number of methoxy groups -OCH3 is 1. The van der Waals surface area contributed by atoms with Gasteiger partial charge in [-0.15, -0.1) is 11.6 Å². The first kappa shape index (κ1) is 11.3. The Morgan fingerprint density at radius 3 is 2.77 bits per heavy atom. The van der Waals surface area contributed by atoms with Crippen LogP contribution in [0.25, 0.3) is 0 Å². The lowest BCUT2D eigenvalue weighted by Gasteiger charge is -2.19. The number of alkyl halides is 1. The van der Waals surface area contributed by atoms with Crippen LogP contribution in [0, 0.1) is 5.92 Å². The van der Waals surface area contributed by atoms with Gasteiger partial charge in [-0.25, -0.2) is 0 Å². The van der Waals surface area contributed by atoms with Gasteiger partial charge in [-0.1, -0.05) is 12.8 Å². The smallest absolute Gasteiger partial charge is 0.0696 e. The van der Waals surface area contributed by atoms with E-state index in [1.807, 2.05) is 0 Å². The van der Waals surface area contributed by atoms with Gasteiger partial charge in [0.15, 0.2) is 0 Å². The number of hydrogen-bond donors (Lipinski definition) is 0. The molecular formula is C10H20ClNO. The largest absolute Gasteiger partial charge is 0.383 e. The number of ether oxygens (including phenoxy) is 1. The lowest BCUT2D eigenvalue weighted by Crippen LogP contribution is -2.29. The number of halogens is 1. The zero-order chi connectivity index (χ0) is 9.68. The maximum atomic E-state index is 6.04. The van der Waals surface area contributed by atoms with Crippen LogP contribution in [0.5, 0.6) is 0 Å². The van der Waals surface area contributed by atoms with E-state index in [4.69, 9.17) is 16.3 Å². The summed E-state index contributed by atoms with van der Waals surface area (Å²) in [7, 11) is 3.83. The van der Waals surface area contributed by atoms with E-state index in [9.17, 15) is 0 Å². The zero-order valence-corrected chi connectivity index (χ0v) is 9.39. The summed E-state index contributed by atoms with van der Waals surface area (Å²) in [6, 6.07) is 0. The van der Waals surface area contributed by atoms with Gasteiger partial charge in [0, 0.05) is 13.7 Å². The summed E-state index contributed by atoms with van der Waals surface area (Å²) in [5, 5.41) is 0.134. The summed E-state index contributed by atoms with van der Waals surface area (Å²) >= 11 is 6.04. The van der Waals surface area contributed by atoms with Crippen molar-refractivity contribution in [2.24, 2.45) is 5.92 Å². The maximum Gasteiger partial charge on any atom is 0.0696 e. The van der Waals surface area contributed by atoms with E-state index >= 15 is 0 Å². The fourth-order valence-corrected chi connectivity index (χ4v) is 1.83. The van der Waals surface area contributed by atoms with Gasteiger partial charge >= 0.3 is 0 Å². The molecule has 3 heteroatoms. The molecule has 78 valence electrons. The molecule has 1 saturated carbocycles. The van der Waals surface area contributed by atoms with Crippen molar-refractivity contribution >= 4 is 11.6 Å². The summed E-state index contributed by atoms with van der Waals surface area (Å²) in [5.74, 6) is 1.01. The molecule has 1 aliphatic carbocycles. The normalized spacial score (nSPS) is 19.4. The van der Waals surface area contributed by atoms with Crippen molar-refractivity contribution < 1.29 is 4.74 Å². The molecule has 1 unspecified atom stereocenters. The molecule has 1 aliphatic rings. The second-order valence-corrected chi connectivity index (χ2v) is 4.66. The average molecular weight is 206 g/mol. The van der Waals surface area contributed by atoms with Gasteiger partial charge in [0.2, 0.25) is 0 Å². The predicted molar refractivity (Wildman–Crippen MR) is 56.4 cm³/mol. The average Bonchev–Trinajstić information content (AvgIpc) is 2.84. The van der Waals surface area contributed by atoms with Gasteiger partial charge in [-0.05, 0) is 25.9 Å². The van der Waals surface area contributed by atoms with Crippen molar-refractivity contribution in [1.29, 1.82) is 0 Å². The third-order valence-electron chi connectivity index (χ3n) is 2.47. The van der Waals surface area contributed by atoms with Gasteiger partial charge < -0.3 is 9.64 Å². The molecular weight excluding hydrogens is 186 g/mol. The fourth-order valence-electron chi connectivity index (χ4n) is 1.47. The van der Waals surface area contributed by atoms with E-state index in [2.05, 4.69) is 11.9 Å². The standard InChI is InChI=1S/C10H20ClNO/c1-12(6-5-9-3-4-9)7-10(11)8-13-2/h9-10H,3-8H2,1-2H3. The van der Waals surface area contributed by atoms with Crippen LogP contribution >= 0.6 is 11.6 Å². The third kappa shape index (κ3) is 5.50. The van der Waals surface area contributed by atoms with E-state index in [1.165, 1.54) is 25.8 Å². The molecule has 0 heterocycles. The molecule has 1 atom stereocenters. The monoisotopic (exact) mass is 205 g/mol. The molecule has 1 rings (SSSR count). The van der Waals surface area contributed by atoms with E-state index < -0.39 is 0 Å². The highest BCUT2D eigenvalue weighted by atomic mass is 35.5. The van der Waals surface area contributed by atoms with Gasteiger partial charge in [-0.3, -0.25) is 0 Å². The Hall–Kier alpha value is 0.210. The molecule has 0 amide bonds. The fraction of sp³-hybridized carbons (Fsp3) is 1.00. The van der Waals surface area contributed by atoms with Gasteiger partial charge in [0.25, 0.3) is 0 Å². The second-order valence-electron chi connectivity index (χ2n) is 4.05. The Morgan fingerprint density at radius 2 is 2.23 bits per heavy atom. The van der Waals surface area contributed by atoms with Crippen LogP contribution in [0.4, 0.5) is 0 Å². The highest BCUT2D eigenvalue weighted by Crippen LogP contribution is 2.32. The Bertz CT molecular complexity index is 139. The Kier molecular flexibility index (Phi) is 5.07. The van der Waals surface area contributed by atoms with E-state index in [0.29, 0.717) is 6.61 Å². The lowest BCUT2D eigenvalue weighted by molar-refractivity contribution is 0.182. The molecule has 0 aromatic carbocycles. The minimum absolute atomic E-state index is 0.134. The van der Waals surface area contributed by atoms with Crippen molar-refractivity contribution in [3.8, 4) is 0 Å². The molecule has 0 aromatic heterocycles. The summed E-state index contributed by atoms with van der Waals surface area (Å²) in [6.45, 7) is 2.76. The molecule has 1 fully saturated rings. The quantitative estimate of drug-likeness (QED) is 0.590.